The molecule has 0 saturated carbocycles. The van der Waals surface area contributed by atoms with Crippen molar-refractivity contribution in [3.63, 3.8) is 0 Å². The first kappa shape index (κ1) is 13.6. The van der Waals surface area contributed by atoms with Crippen LogP contribution in [0.4, 0.5) is 0 Å². The fourth-order valence-electron chi connectivity index (χ4n) is 1.11. The van der Waals surface area contributed by atoms with Gasteiger partial charge in [0.25, 0.3) is 0 Å². The van der Waals surface area contributed by atoms with Crippen molar-refractivity contribution in [1.82, 2.24) is 0 Å². The van der Waals surface area contributed by atoms with Crippen molar-refractivity contribution in [3.05, 3.63) is 0 Å². The van der Waals surface area contributed by atoms with Crippen LogP contribution in [0.5, 0.6) is 0 Å². The van der Waals surface area contributed by atoms with Gasteiger partial charge in [-0.3, -0.25) is 4.79 Å². The minimum Gasteiger partial charge on any atom is -0.330 e. The molecule has 14 heavy (non-hydrogen) atoms. The summed E-state index contributed by atoms with van der Waals surface area (Å²) in [5, 5.41) is 0. The Kier molecular flexibility index (Phi) is 6.74. The van der Waals surface area contributed by atoms with Gasteiger partial charge in [-0.25, -0.2) is 8.42 Å². The molecule has 0 saturated heterocycles. The predicted molar refractivity (Wildman–Crippen MR) is 56.9 cm³/mol. The number of Topliss-reactive ketones (excluding diaryl/α,β-unsaturated/α-hetero) is 1. The van der Waals surface area contributed by atoms with Crippen LogP contribution in [0, 0.1) is 0 Å². The molecule has 0 radical (unpaired) electrons. The summed E-state index contributed by atoms with van der Waals surface area (Å²) in [5.41, 5.74) is 5.24. The minimum atomic E-state index is -3.00. The van der Waals surface area contributed by atoms with Crippen LogP contribution in [0.1, 0.15) is 32.6 Å². The molecule has 0 amide bonds. The molecule has 0 aliphatic carbocycles. The fourth-order valence-corrected chi connectivity index (χ4v) is 2.47. The Balaban J connectivity index is 3.76. The molecular weight excluding hydrogens is 202 g/mol. The molecule has 0 atom stereocenters. The standard InChI is InChI=1S/C9H19NO3S/c1-2-7-14(12,13)8-5-9(11)4-3-6-10/h2-8,10H2,1H3. The summed E-state index contributed by atoms with van der Waals surface area (Å²) in [7, 11) is -3.00. The summed E-state index contributed by atoms with van der Waals surface area (Å²) in [4.78, 5) is 11.1. The number of carbonyl (C=O) groups is 1. The van der Waals surface area contributed by atoms with Crippen LogP contribution in [0.15, 0.2) is 0 Å². The summed E-state index contributed by atoms with van der Waals surface area (Å²) in [6.07, 6.45) is 1.80. The van der Waals surface area contributed by atoms with Crippen molar-refractivity contribution < 1.29 is 13.2 Å². The van der Waals surface area contributed by atoms with E-state index in [1.165, 1.54) is 0 Å². The number of rotatable bonds is 8. The van der Waals surface area contributed by atoms with Gasteiger partial charge < -0.3 is 5.73 Å². The lowest BCUT2D eigenvalue weighted by molar-refractivity contribution is -0.118. The first-order chi connectivity index (χ1) is 6.52. The van der Waals surface area contributed by atoms with Crippen molar-refractivity contribution in [1.29, 1.82) is 0 Å². The van der Waals surface area contributed by atoms with E-state index in [-0.39, 0.29) is 23.7 Å². The van der Waals surface area contributed by atoms with E-state index in [9.17, 15) is 13.2 Å². The molecule has 0 aromatic rings. The summed E-state index contributed by atoms with van der Waals surface area (Å²) in [6.45, 7) is 2.29. The van der Waals surface area contributed by atoms with E-state index in [0.29, 0.717) is 25.8 Å². The molecule has 0 aliphatic rings. The maximum Gasteiger partial charge on any atom is 0.150 e. The van der Waals surface area contributed by atoms with Crippen LogP contribution < -0.4 is 5.73 Å². The molecule has 0 aromatic carbocycles. The van der Waals surface area contributed by atoms with Crippen LogP contribution in [0.3, 0.4) is 0 Å². The molecule has 0 bridgehead atoms. The number of hydrogen-bond donors (Lipinski definition) is 1. The monoisotopic (exact) mass is 221 g/mol. The number of ketones is 1. The molecule has 0 fully saturated rings. The molecule has 2 N–H and O–H groups in total. The second-order valence-corrected chi connectivity index (χ2v) is 5.64. The highest BCUT2D eigenvalue weighted by atomic mass is 32.2. The fraction of sp³-hybridized carbons (Fsp3) is 0.889. The van der Waals surface area contributed by atoms with Crippen LogP contribution in [-0.2, 0) is 14.6 Å². The van der Waals surface area contributed by atoms with Gasteiger partial charge in [-0.15, -0.1) is 0 Å². The Morgan fingerprint density at radius 2 is 1.86 bits per heavy atom. The number of nitrogens with two attached hydrogens (primary N) is 1. The van der Waals surface area contributed by atoms with Gasteiger partial charge in [0.1, 0.15) is 5.78 Å². The van der Waals surface area contributed by atoms with Gasteiger partial charge >= 0.3 is 0 Å². The van der Waals surface area contributed by atoms with Crippen LogP contribution >= 0.6 is 0 Å². The average molecular weight is 221 g/mol. The van der Waals surface area contributed by atoms with Crippen molar-refractivity contribution >= 4 is 15.6 Å². The minimum absolute atomic E-state index is 0.00451. The zero-order chi connectivity index (χ0) is 11.0. The van der Waals surface area contributed by atoms with E-state index in [2.05, 4.69) is 0 Å². The van der Waals surface area contributed by atoms with Gasteiger partial charge in [-0.1, -0.05) is 6.92 Å². The van der Waals surface area contributed by atoms with Crippen LogP contribution in [0.25, 0.3) is 0 Å². The number of sulfone groups is 1. The van der Waals surface area contributed by atoms with Crippen molar-refractivity contribution in [2.24, 2.45) is 5.73 Å². The van der Waals surface area contributed by atoms with Crippen molar-refractivity contribution in [2.75, 3.05) is 18.1 Å². The van der Waals surface area contributed by atoms with E-state index in [1.807, 2.05) is 6.92 Å². The SMILES string of the molecule is CCCS(=O)(=O)CCC(=O)CCCN. The molecule has 0 spiro atoms. The van der Waals surface area contributed by atoms with E-state index in [0.717, 1.165) is 0 Å². The summed E-state index contributed by atoms with van der Waals surface area (Å²) < 4.78 is 22.5. The largest absolute Gasteiger partial charge is 0.330 e. The van der Waals surface area contributed by atoms with Gasteiger partial charge in [-0.05, 0) is 19.4 Å². The smallest absolute Gasteiger partial charge is 0.150 e. The third-order valence-electron chi connectivity index (χ3n) is 1.87. The Morgan fingerprint density at radius 1 is 1.21 bits per heavy atom. The van der Waals surface area contributed by atoms with Gasteiger partial charge in [0, 0.05) is 18.6 Å². The lowest BCUT2D eigenvalue weighted by atomic mass is 10.2. The number of carbonyl (C=O) groups excluding carboxylic acids is 1. The molecule has 0 rings (SSSR count). The normalized spacial score (nSPS) is 11.6. The Hall–Kier alpha value is -0.420. The molecule has 0 unspecified atom stereocenters. The molecule has 0 heterocycles. The molecule has 4 nitrogen and oxygen atoms in total. The van der Waals surface area contributed by atoms with Gasteiger partial charge in [-0.2, -0.15) is 0 Å². The summed E-state index contributed by atoms with van der Waals surface area (Å²) >= 11 is 0. The highest BCUT2D eigenvalue weighted by molar-refractivity contribution is 7.91. The average Bonchev–Trinajstić information content (AvgIpc) is 2.11. The molecule has 84 valence electrons. The highest BCUT2D eigenvalue weighted by Crippen LogP contribution is 2.00. The molecule has 0 aromatic heterocycles. The first-order valence-electron chi connectivity index (χ1n) is 4.94. The quantitative estimate of drug-likeness (QED) is 0.648. The van der Waals surface area contributed by atoms with Crippen molar-refractivity contribution in [3.8, 4) is 0 Å². The zero-order valence-electron chi connectivity index (χ0n) is 8.66. The van der Waals surface area contributed by atoms with E-state index in [1.54, 1.807) is 0 Å². The van der Waals surface area contributed by atoms with E-state index >= 15 is 0 Å². The van der Waals surface area contributed by atoms with E-state index < -0.39 is 9.84 Å². The van der Waals surface area contributed by atoms with Gasteiger partial charge in [0.05, 0.1) is 5.75 Å². The summed E-state index contributed by atoms with van der Waals surface area (Å²) in [6, 6.07) is 0. The molecule has 0 aliphatic heterocycles. The second kappa shape index (κ2) is 6.95. The lowest BCUT2D eigenvalue weighted by Crippen LogP contribution is -2.14. The first-order valence-corrected chi connectivity index (χ1v) is 6.76. The van der Waals surface area contributed by atoms with E-state index in [4.69, 9.17) is 5.73 Å². The second-order valence-electron chi connectivity index (χ2n) is 3.33. The highest BCUT2D eigenvalue weighted by Gasteiger charge is 2.11. The van der Waals surface area contributed by atoms with Crippen molar-refractivity contribution in [2.45, 2.75) is 32.6 Å². The van der Waals surface area contributed by atoms with Gasteiger partial charge in [0.2, 0.25) is 0 Å². The third kappa shape index (κ3) is 7.03. The molecular formula is C9H19NO3S. The maximum atomic E-state index is 11.2. The van der Waals surface area contributed by atoms with Gasteiger partial charge in [0.15, 0.2) is 9.84 Å². The van der Waals surface area contributed by atoms with Crippen LogP contribution in [0.2, 0.25) is 0 Å². The Morgan fingerprint density at radius 3 is 2.36 bits per heavy atom. The predicted octanol–water partition coefficient (Wildman–Crippen LogP) is 0.509. The third-order valence-corrected chi connectivity index (χ3v) is 3.72. The lowest BCUT2D eigenvalue weighted by Gasteiger charge is -2.01. The van der Waals surface area contributed by atoms with Crippen LogP contribution in [-0.4, -0.2) is 32.3 Å². The Bertz CT molecular complexity index is 259. The Labute approximate surface area is 85.8 Å². The maximum absolute atomic E-state index is 11.2. The topological polar surface area (TPSA) is 77.2 Å². The molecule has 5 heteroatoms. The zero-order valence-corrected chi connectivity index (χ0v) is 9.48. The number of hydrogen-bond acceptors (Lipinski definition) is 4. The summed E-state index contributed by atoms with van der Waals surface area (Å²) in [5.74, 6) is 0.164.